The minimum atomic E-state index is -1.20. The number of hydrogen-bond donors (Lipinski definition) is 2. The van der Waals surface area contributed by atoms with Gasteiger partial charge < -0.3 is 15.7 Å². The zero-order valence-corrected chi connectivity index (χ0v) is 7.54. The molecule has 0 aliphatic heterocycles. The third-order valence-corrected chi connectivity index (χ3v) is 1.77. The average Bonchev–Trinajstić information content (AvgIpc) is 2.46. The predicted octanol–water partition coefficient (Wildman–Crippen LogP) is 0.160. The van der Waals surface area contributed by atoms with Crippen molar-refractivity contribution in [2.45, 2.75) is 0 Å². The summed E-state index contributed by atoms with van der Waals surface area (Å²) in [5.41, 5.74) is 5.33. The van der Waals surface area contributed by atoms with Crippen molar-refractivity contribution in [2.24, 2.45) is 5.16 Å². The van der Waals surface area contributed by atoms with Crippen LogP contribution in [0.3, 0.4) is 0 Å². The molecule has 0 amide bonds. The monoisotopic (exact) mass is 201 g/mol. The van der Waals surface area contributed by atoms with Crippen LogP contribution in [-0.2, 0) is 9.63 Å². The van der Waals surface area contributed by atoms with E-state index in [9.17, 15) is 4.79 Å². The van der Waals surface area contributed by atoms with Gasteiger partial charge in [0, 0.05) is 6.07 Å². The van der Waals surface area contributed by atoms with Gasteiger partial charge >= 0.3 is 5.97 Å². The Morgan fingerprint density at radius 3 is 2.92 bits per heavy atom. The van der Waals surface area contributed by atoms with Gasteiger partial charge in [-0.2, -0.15) is 4.37 Å². The smallest absolute Gasteiger partial charge is 0.360 e. The van der Waals surface area contributed by atoms with E-state index < -0.39 is 5.97 Å². The van der Waals surface area contributed by atoms with Crippen LogP contribution in [0.25, 0.3) is 0 Å². The van der Waals surface area contributed by atoms with Gasteiger partial charge in [0.1, 0.15) is 17.8 Å². The highest BCUT2D eigenvalue weighted by Crippen LogP contribution is 2.12. The number of rotatable bonds is 3. The fraction of sp³-hybridized carbons (Fsp3) is 0.167. The predicted molar refractivity (Wildman–Crippen MR) is 47.7 cm³/mol. The molecule has 0 aliphatic rings. The number of carboxylic acid groups (broad SMARTS) is 1. The normalized spacial score (nSPS) is 11.3. The quantitative estimate of drug-likeness (QED) is 0.536. The molecule has 0 fully saturated rings. The fourth-order valence-corrected chi connectivity index (χ4v) is 1.19. The molecule has 0 aliphatic carbocycles. The standard InChI is InChI=1S/C6H7N3O3S/c1-12-8-5(6(10)11)3-2-4(7)13-9-3/h2H,7H2,1H3,(H,10,11). The van der Waals surface area contributed by atoms with Crippen molar-refractivity contribution in [3.63, 3.8) is 0 Å². The Balaban J connectivity index is 3.02. The number of oxime groups is 1. The van der Waals surface area contributed by atoms with Crippen LogP contribution in [0.4, 0.5) is 5.00 Å². The molecule has 6 nitrogen and oxygen atoms in total. The van der Waals surface area contributed by atoms with Gasteiger partial charge in [0.05, 0.1) is 0 Å². The Hall–Kier alpha value is -1.63. The third kappa shape index (κ3) is 2.15. The Morgan fingerprint density at radius 1 is 1.85 bits per heavy atom. The van der Waals surface area contributed by atoms with Crippen molar-refractivity contribution in [3.05, 3.63) is 11.8 Å². The first-order valence-electron chi connectivity index (χ1n) is 3.22. The molecular formula is C6H7N3O3S. The summed E-state index contributed by atoms with van der Waals surface area (Å²) in [6, 6.07) is 1.43. The van der Waals surface area contributed by atoms with E-state index in [1.54, 1.807) is 0 Å². The molecule has 1 aromatic rings. The van der Waals surface area contributed by atoms with Crippen molar-refractivity contribution < 1.29 is 14.7 Å². The Morgan fingerprint density at radius 2 is 2.54 bits per heavy atom. The molecule has 0 aromatic carbocycles. The topological polar surface area (TPSA) is 97.8 Å². The molecule has 0 bridgehead atoms. The number of carbonyl (C=O) groups is 1. The first-order chi connectivity index (χ1) is 6.15. The van der Waals surface area contributed by atoms with Crippen molar-refractivity contribution in [3.8, 4) is 0 Å². The maximum Gasteiger partial charge on any atom is 0.360 e. The van der Waals surface area contributed by atoms with E-state index in [0.29, 0.717) is 5.00 Å². The first-order valence-corrected chi connectivity index (χ1v) is 3.99. The Labute approximate surface area is 77.8 Å². The molecule has 0 saturated carbocycles. The zero-order valence-electron chi connectivity index (χ0n) is 6.72. The highest BCUT2D eigenvalue weighted by molar-refractivity contribution is 7.10. The van der Waals surface area contributed by atoms with E-state index in [4.69, 9.17) is 10.8 Å². The van der Waals surface area contributed by atoms with Gasteiger partial charge in [-0.3, -0.25) is 0 Å². The number of aliphatic carboxylic acids is 1. The van der Waals surface area contributed by atoms with Crippen LogP contribution in [-0.4, -0.2) is 28.3 Å². The zero-order chi connectivity index (χ0) is 9.84. The molecule has 3 N–H and O–H groups in total. The minimum absolute atomic E-state index is 0.205. The number of carboxylic acids is 1. The Kier molecular flexibility index (Phi) is 2.80. The second-order valence-corrected chi connectivity index (χ2v) is 2.88. The summed E-state index contributed by atoms with van der Waals surface area (Å²) in [6.45, 7) is 0. The second-order valence-electron chi connectivity index (χ2n) is 2.04. The fourth-order valence-electron chi connectivity index (χ4n) is 0.688. The maximum atomic E-state index is 10.6. The molecule has 70 valence electrons. The lowest BCUT2D eigenvalue weighted by atomic mass is 10.3. The van der Waals surface area contributed by atoms with Crippen LogP contribution in [0.2, 0.25) is 0 Å². The van der Waals surface area contributed by atoms with E-state index in [2.05, 4.69) is 14.4 Å². The number of anilines is 1. The van der Waals surface area contributed by atoms with E-state index in [-0.39, 0.29) is 11.4 Å². The summed E-state index contributed by atoms with van der Waals surface area (Å²) in [5, 5.41) is 12.4. The largest absolute Gasteiger partial charge is 0.476 e. The Bertz CT molecular complexity index is 347. The average molecular weight is 201 g/mol. The summed E-state index contributed by atoms with van der Waals surface area (Å²) >= 11 is 1.00. The molecule has 1 heterocycles. The summed E-state index contributed by atoms with van der Waals surface area (Å²) in [6.07, 6.45) is 0. The van der Waals surface area contributed by atoms with Crippen LogP contribution < -0.4 is 5.73 Å². The summed E-state index contributed by atoms with van der Waals surface area (Å²) in [4.78, 5) is 15.0. The molecule has 0 spiro atoms. The number of nitrogen functional groups attached to an aromatic ring is 1. The molecule has 0 radical (unpaired) electrons. The molecule has 0 unspecified atom stereocenters. The number of aromatic nitrogens is 1. The molecule has 13 heavy (non-hydrogen) atoms. The second kappa shape index (κ2) is 3.85. The van der Waals surface area contributed by atoms with E-state index in [1.165, 1.54) is 13.2 Å². The van der Waals surface area contributed by atoms with Gasteiger partial charge in [0.15, 0.2) is 0 Å². The van der Waals surface area contributed by atoms with Crippen molar-refractivity contribution in [1.82, 2.24) is 4.37 Å². The molecule has 0 atom stereocenters. The maximum absolute atomic E-state index is 10.6. The summed E-state index contributed by atoms with van der Waals surface area (Å²) in [7, 11) is 1.26. The number of nitrogens with zero attached hydrogens (tertiary/aromatic N) is 2. The van der Waals surface area contributed by atoms with Crippen LogP contribution in [0.15, 0.2) is 11.2 Å². The van der Waals surface area contributed by atoms with Gasteiger partial charge in [-0.25, -0.2) is 4.79 Å². The molecule has 1 aromatic heterocycles. The van der Waals surface area contributed by atoms with Crippen LogP contribution in [0.5, 0.6) is 0 Å². The van der Waals surface area contributed by atoms with Gasteiger partial charge in [0.25, 0.3) is 0 Å². The summed E-state index contributed by atoms with van der Waals surface area (Å²) < 4.78 is 3.78. The van der Waals surface area contributed by atoms with Gasteiger partial charge in [-0.05, 0) is 11.5 Å². The van der Waals surface area contributed by atoms with Crippen molar-refractivity contribution in [1.29, 1.82) is 0 Å². The molecule has 7 heteroatoms. The van der Waals surface area contributed by atoms with Crippen LogP contribution >= 0.6 is 11.5 Å². The van der Waals surface area contributed by atoms with Crippen molar-refractivity contribution >= 4 is 28.2 Å². The lowest BCUT2D eigenvalue weighted by molar-refractivity contribution is -0.129. The highest BCUT2D eigenvalue weighted by Gasteiger charge is 2.16. The lowest BCUT2D eigenvalue weighted by Crippen LogP contribution is -2.15. The van der Waals surface area contributed by atoms with Crippen LogP contribution in [0, 0.1) is 0 Å². The third-order valence-electron chi connectivity index (χ3n) is 1.16. The van der Waals surface area contributed by atoms with Gasteiger partial charge in [0.2, 0.25) is 5.71 Å². The van der Waals surface area contributed by atoms with Crippen molar-refractivity contribution in [2.75, 3.05) is 12.8 Å². The molecule has 0 saturated heterocycles. The van der Waals surface area contributed by atoms with Gasteiger partial charge in [-0.1, -0.05) is 5.16 Å². The first kappa shape index (κ1) is 9.46. The SMILES string of the molecule is CON=C(C(=O)O)c1cc(N)sn1. The molecule has 1 rings (SSSR count). The number of nitrogens with two attached hydrogens (primary N) is 1. The highest BCUT2D eigenvalue weighted by atomic mass is 32.1. The van der Waals surface area contributed by atoms with E-state index in [0.717, 1.165) is 11.5 Å². The lowest BCUT2D eigenvalue weighted by Gasteiger charge is -1.93. The van der Waals surface area contributed by atoms with E-state index in [1.807, 2.05) is 0 Å². The molecular weight excluding hydrogens is 194 g/mol. The minimum Gasteiger partial charge on any atom is -0.476 e. The van der Waals surface area contributed by atoms with Gasteiger partial charge in [-0.15, -0.1) is 0 Å². The van der Waals surface area contributed by atoms with Crippen LogP contribution in [0.1, 0.15) is 5.69 Å². The summed E-state index contributed by atoms with van der Waals surface area (Å²) in [5.74, 6) is -1.20. The van der Waals surface area contributed by atoms with E-state index >= 15 is 0 Å². The number of hydrogen-bond acceptors (Lipinski definition) is 6.